The molecule has 3 rings (SSSR count). The Morgan fingerprint density at radius 3 is 2.50 bits per heavy atom. The van der Waals surface area contributed by atoms with Crippen molar-refractivity contribution in [2.24, 2.45) is 4.99 Å². The van der Waals surface area contributed by atoms with E-state index >= 15 is 0 Å². The zero-order valence-electron chi connectivity index (χ0n) is 17.1. The Morgan fingerprint density at radius 2 is 1.83 bits per heavy atom. The van der Waals surface area contributed by atoms with Gasteiger partial charge in [-0.25, -0.2) is 9.67 Å². The van der Waals surface area contributed by atoms with Gasteiger partial charge in [0.1, 0.15) is 0 Å². The lowest BCUT2D eigenvalue weighted by molar-refractivity contribution is 0.355. The Hall–Kier alpha value is -2.46. The van der Waals surface area contributed by atoms with Crippen molar-refractivity contribution in [1.29, 1.82) is 0 Å². The molecule has 30 heavy (non-hydrogen) atoms. The first-order chi connectivity index (χ1) is 14.1. The summed E-state index contributed by atoms with van der Waals surface area (Å²) in [5, 5.41) is 11.6. The molecule has 0 amide bonds. The van der Waals surface area contributed by atoms with Gasteiger partial charge in [-0.15, -0.1) is 24.0 Å². The number of aliphatic imine (C=N–C) groups is 1. The predicted octanol–water partition coefficient (Wildman–Crippen LogP) is 4.74. The van der Waals surface area contributed by atoms with Gasteiger partial charge in [-0.3, -0.25) is 0 Å². The molecule has 2 N–H and O–H groups in total. The number of nitrogens with one attached hydrogen (secondary N) is 2. The van der Waals surface area contributed by atoms with E-state index in [2.05, 4.69) is 20.7 Å². The summed E-state index contributed by atoms with van der Waals surface area (Å²) in [5.74, 6) is 1.99. The van der Waals surface area contributed by atoms with Crippen LogP contribution in [0.25, 0.3) is 5.69 Å². The minimum absolute atomic E-state index is 0. The van der Waals surface area contributed by atoms with Gasteiger partial charge in [0.25, 0.3) is 0 Å². The van der Waals surface area contributed by atoms with Crippen molar-refractivity contribution in [2.45, 2.75) is 13.5 Å². The van der Waals surface area contributed by atoms with E-state index in [0.29, 0.717) is 29.0 Å². The van der Waals surface area contributed by atoms with Gasteiger partial charge in [0.05, 0.1) is 32.6 Å². The number of guanidine groups is 1. The largest absolute Gasteiger partial charge is 0.493 e. The van der Waals surface area contributed by atoms with Crippen LogP contribution in [-0.4, -0.2) is 36.5 Å². The van der Waals surface area contributed by atoms with Crippen LogP contribution in [0.3, 0.4) is 0 Å². The zero-order chi connectivity index (χ0) is 20.6. The minimum Gasteiger partial charge on any atom is -0.493 e. The van der Waals surface area contributed by atoms with Gasteiger partial charge in [-0.05, 0) is 43.3 Å². The minimum atomic E-state index is 0. The highest BCUT2D eigenvalue weighted by atomic mass is 127. The highest BCUT2D eigenvalue weighted by Gasteiger charge is 2.07. The van der Waals surface area contributed by atoms with E-state index in [4.69, 9.17) is 21.1 Å². The molecule has 1 aromatic heterocycles. The lowest BCUT2D eigenvalue weighted by Crippen LogP contribution is -2.30. The van der Waals surface area contributed by atoms with E-state index < -0.39 is 0 Å². The SMILES string of the molecule is CCNC(=NCc1cnn(-c2ccc(Cl)cc2)c1)Nc1ccc(OC)c(OC)c1.I. The van der Waals surface area contributed by atoms with Crippen molar-refractivity contribution < 1.29 is 9.47 Å². The molecule has 0 spiro atoms. The molecule has 2 aromatic carbocycles. The summed E-state index contributed by atoms with van der Waals surface area (Å²) in [4.78, 5) is 4.65. The highest BCUT2D eigenvalue weighted by molar-refractivity contribution is 14.0. The number of halogens is 2. The fourth-order valence-corrected chi connectivity index (χ4v) is 2.83. The van der Waals surface area contributed by atoms with Gasteiger partial charge in [-0.2, -0.15) is 5.10 Å². The number of rotatable bonds is 7. The molecule has 0 saturated carbocycles. The molecule has 7 nitrogen and oxygen atoms in total. The van der Waals surface area contributed by atoms with Crippen LogP contribution in [0.5, 0.6) is 11.5 Å². The second-order valence-corrected chi connectivity index (χ2v) is 6.60. The van der Waals surface area contributed by atoms with Crippen molar-refractivity contribution in [3.63, 3.8) is 0 Å². The molecule has 0 fully saturated rings. The number of benzene rings is 2. The van der Waals surface area contributed by atoms with E-state index in [1.807, 2.05) is 55.6 Å². The summed E-state index contributed by atoms with van der Waals surface area (Å²) in [6.45, 7) is 3.24. The summed E-state index contributed by atoms with van der Waals surface area (Å²) in [7, 11) is 3.22. The number of hydrogen-bond donors (Lipinski definition) is 2. The van der Waals surface area contributed by atoms with Crippen LogP contribution >= 0.6 is 35.6 Å². The van der Waals surface area contributed by atoms with Crippen molar-refractivity contribution in [3.8, 4) is 17.2 Å². The van der Waals surface area contributed by atoms with Gasteiger partial charge in [0.15, 0.2) is 17.5 Å². The Morgan fingerprint density at radius 1 is 1.10 bits per heavy atom. The Balaban J connectivity index is 0.00000320. The van der Waals surface area contributed by atoms with E-state index in [9.17, 15) is 0 Å². The fraction of sp³-hybridized carbons (Fsp3) is 0.238. The zero-order valence-corrected chi connectivity index (χ0v) is 20.1. The average molecular weight is 542 g/mol. The van der Waals surface area contributed by atoms with E-state index in [1.165, 1.54) is 0 Å². The topological polar surface area (TPSA) is 72.7 Å². The summed E-state index contributed by atoms with van der Waals surface area (Å²) in [5.41, 5.74) is 2.78. The van der Waals surface area contributed by atoms with E-state index in [1.54, 1.807) is 25.1 Å². The van der Waals surface area contributed by atoms with Crippen LogP contribution in [0.2, 0.25) is 5.02 Å². The molecule has 0 atom stereocenters. The Bertz CT molecular complexity index is 976. The first-order valence-corrected chi connectivity index (χ1v) is 9.57. The normalized spacial score (nSPS) is 10.9. The van der Waals surface area contributed by atoms with Crippen LogP contribution in [-0.2, 0) is 6.54 Å². The monoisotopic (exact) mass is 541 g/mol. The third-order valence-corrected chi connectivity index (χ3v) is 4.39. The molecule has 160 valence electrons. The van der Waals surface area contributed by atoms with E-state index in [0.717, 1.165) is 23.5 Å². The number of nitrogens with zero attached hydrogens (tertiary/aromatic N) is 3. The van der Waals surface area contributed by atoms with Crippen LogP contribution in [0.1, 0.15) is 12.5 Å². The van der Waals surface area contributed by atoms with Gasteiger partial charge in [-0.1, -0.05) is 11.6 Å². The van der Waals surface area contributed by atoms with Crippen LogP contribution in [0.15, 0.2) is 59.9 Å². The van der Waals surface area contributed by atoms with Gasteiger partial charge in [0.2, 0.25) is 0 Å². The lowest BCUT2D eigenvalue weighted by Gasteiger charge is -2.13. The van der Waals surface area contributed by atoms with Gasteiger partial charge in [0, 0.05) is 35.1 Å². The first-order valence-electron chi connectivity index (χ1n) is 9.19. The quantitative estimate of drug-likeness (QED) is 0.257. The smallest absolute Gasteiger partial charge is 0.196 e. The number of anilines is 1. The predicted molar refractivity (Wildman–Crippen MR) is 132 cm³/mol. The summed E-state index contributed by atoms with van der Waals surface area (Å²) < 4.78 is 12.4. The Kier molecular flexibility index (Phi) is 9.25. The molecular weight excluding hydrogens is 517 g/mol. The third kappa shape index (κ3) is 6.27. The second kappa shape index (κ2) is 11.7. The molecule has 1 heterocycles. The molecule has 0 aliphatic carbocycles. The van der Waals surface area contributed by atoms with Crippen LogP contribution in [0, 0.1) is 0 Å². The summed E-state index contributed by atoms with van der Waals surface area (Å²) in [6, 6.07) is 13.1. The molecule has 0 aliphatic heterocycles. The van der Waals surface area contributed by atoms with Crippen molar-refractivity contribution in [3.05, 3.63) is 65.4 Å². The van der Waals surface area contributed by atoms with E-state index in [-0.39, 0.29) is 24.0 Å². The maximum absolute atomic E-state index is 5.94. The highest BCUT2D eigenvalue weighted by Crippen LogP contribution is 2.29. The van der Waals surface area contributed by atoms with Gasteiger partial charge >= 0.3 is 0 Å². The molecule has 0 radical (unpaired) electrons. The molecular formula is C21H25ClIN5O2. The number of aromatic nitrogens is 2. The van der Waals surface area contributed by atoms with Crippen molar-refractivity contribution in [1.82, 2.24) is 15.1 Å². The average Bonchev–Trinajstić information content (AvgIpc) is 3.21. The van der Waals surface area contributed by atoms with Crippen molar-refractivity contribution in [2.75, 3.05) is 26.1 Å². The summed E-state index contributed by atoms with van der Waals surface area (Å²) in [6.07, 6.45) is 3.75. The van der Waals surface area contributed by atoms with Gasteiger partial charge < -0.3 is 20.1 Å². The van der Waals surface area contributed by atoms with Crippen LogP contribution in [0.4, 0.5) is 5.69 Å². The van der Waals surface area contributed by atoms with Crippen LogP contribution < -0.4 is 20.1 Å². The molecule has 0 unspecified atom stereocenters. The summed E-state index contributed by atoms with van der Waals surface area (Å²) >= 11 is 5.94. The molecule has 3 aromatic rings. The molecule has 0 bridgehead atoms. The molecule has 0 aliphatic rings. The first kappa shape index (κ1) is 23.8. The molecule has 9 heteroatoms. The number of hydrogen-bond acceptors (Lipinski definition) is 4. The second-order valence-electron chi connectivity index (χ2n) is 6.16. The standard InChI is InChI=1S/C21H24ClN5O2.HI/c1-4-23-21(26-17-7-10-19(28-2)20(11-17)29-3)24-12-15-13-25-27(14-15)18-8-5-16(22)6-9-18;/h5-11,13-14H,4,12H2,1-3H3,(H2,23,24,26);1H. The van der Waals surface area contributed by atoms with Crippen molar-refractivity contribution >= 4 is 47.2 Å². The third-order valence-electron chi connectivity index (χ3n) is 4.14. The molecule has 0 saturated heterocycles. The Labute approximate surface area is 198 Å². The maximum atomic E-state index is 5.94. The number of methoxy groups -OCH3 is 2. The number of ether oxygens (including phenoxy) is 2. The maximum Gasteiger partial charge on any atom is 0.196 e. The fourth-order valence-electron chi connectivity index (χ4n) is 2.70. The lowest BCUT2D eigenvalue weighted by atomic mass is 10.2.